The molecule has 0 saturated heterocycles. The molecule has 0 spiro atoms. The first-order valence-electron chi connectivity index (χ1n) is 16.7. The first-order chi connectivity index (χ1) is 20.5. The molecule has 2 nitrogen and oxygen atoms in total. The normalized spacial score (nSPS) is 16.4. The van der Waals surface area contributed by atoms with Crippen LogP contribution in [0, 0.1) is 24.2 Å². The molecule has 2 aliphatic rings. The highest BCUT2D eigenvalue weighted by Gasteiger charge is 2.34. The molecular formula is C41H48NO+. The number of ether oxygens (including phenoxy) is 1. The van der Waals surface area contributed by atoms with Gasteiger partial charge in [-0.3, -0.25) is 0 Å². The number of fused-ring (bicyclic) bond motifs is 5. The molecule has 0 unspecified atom stereocenters. The summed E-state index contributed by atoms with van der Waals surface area (Å²) in [6.07, 6.45) is 9.56. The Morgan fingerprint density at radius 2 is 1.58 bits per heavy atom. The van der Waals surface area contributed by atoms with Crippen molar-refractivity contribution in [2.45, 2.75) is 92.9 Å². The fraction of sp³-hybridized carbons (Fsp3) is 0.439. The van der Waals surface area contributed by atoms with E-state index in [1.807, 2.05) is 0 Å². The van der Waals surface area contributed by atoms with Crippen LogP contribution in [0.15, 0.2) is 54.7 Å². The van der Waals surface area contributed by atoms with E-state index in [2.05, 4.69) is 115 Å². The summed E-state index contributed by atoms with van der Waals surface area (Å²) >= 11 is 0. The second-order valence-corrected chi connectivity index (χ2v) is 15.3. The van der Waals surface area contributed by atoms with Gasteiger partial charge in [0.25, 0.3) is 0 Å². The summed E-state index contributed by atoms with van der Waals surface area (Å²) in [5.41, 5.74) is 8.65. The number of pyridine rings is 1. The van der Waals surface area contributed by atoms with Crippen molar-refractivity contribution in [2.24, 2.45) is 24.3 Å². The molecule has 0 bridgehead atoms. The monoisotopic (exact) mass is 570 g/mol. The van der Waals surface area contributed by atoms with Crippen LogP contribution >= 0.6 is 0 Å². The molecule has 0 atom stereocenters. The Bertz CT molecular complexity index is 1900. The fourth-order valence-electron chi connectivity index (χ4n) is 8.10. The third-order valence-electron chi connectivity index (χ3n) is 10.4. The summed E-state index contributed by atoms with van der Waals surface area (Å²) < 4.78 is 9.42. The van der Waals surface area contributed by atoms with Gasteiger partial charge in [0.1, 0.15) is 18.5 Å². The van der Waals surface area contributed by atoms with Crippen molar-refractivity contribution in [1.29, 1.82) is 0 Å². The van der Waals surface area contributed by atoms with Crippen molar-refractivity contribution >= 4 is 32.3 Å². The van der Waals surface area contributed by atoms with Crippen LogP contribution in [0.2, 0.25) is 0 Å². The summed E-state index contributed by atoms with van der Waals surface area (Å²) in [5.74, 6) is 3.87. The quantitative estimate of drug-likeness (QED) is 0.148. The molecule has 7 rings (SSSR count). The Kier molecular flexibility index (Phi) is 6.84. The molecule has 2 heteroatoms. The number of benzene rings is 4. The molecule has 0 N–H and O–H groups in total. The van der Waals surface area contributed by atoms with E-state index in [4.69, 9.17) is 4.74 Å². The molecule has 43 heavy (non-hydrogen) atoms. The van der Waals surface area contributed by atoms with E-state index in [9.17, 15) is 0 Å². The van der Waals surface area contributed by atoms with Gasteiger partial charge in [-0.25, -0.2) is 4.57 Å². The van der Waals surface area contributed by atoms with Gasteiger partial charge >= 0.3 is 0 Å². The lowest BCUT2D eigenvalue weighted by molar-refractivity contribution is -0.659. The maximum atomic E-state index is 7.08. The molecule has 0 amide bonds. The Hall–Kier alpha value is -3.39. The molecule has 1 aromatic heterocycles. The van der Waals surface area contributed by atoms with Gasteiger partial charge < -0.3 is 4.74 Å². The molecule has 1 aliphatic carbocycles. The molecular weight excluding hydrogens is 522 g/mol. The van der Waals surface area contributed by atoms with Crippen molar-refractivity contribution < 1.29 is 9.30 Å². The zero-order chi connectivity index (χ0) is 30.2. The highest BCUT2D eigenvalue weighted by molar-refractivity contribution is 6.16. The minimum Gasteiger partial charge on any atom is -0.455 e. The van der Waals surface area contributed by atoms with Gasteiger partial charge in [-0.15, -0.1) is 0 Å². The number of rotatable bonds is 5. The lowest BCUT2D eigenvalue weighted by atomic mass is 9.71. The Balaban J connectivity index is 1.48. The van der Waals surface area contributed by atoms with E-state index in [0.717, 1.165) is 24.3 Å². The highest BCUT2D eigenvalue weighted by Crippen LogP contribution is 2.53. The van der Waals surface area contributed by atoms with Crippen molar-refractivity contribution in [3.8, 4) is 22.8 Å². The number of nitrogens with zero attached hydrogens (tertiary/aromatic N) is 1. The predicted molar refractivity (Wildman–Crippen MR) is 182 cm³/mol. The molecule has 0 radical (unpaired) electrons. The van der Waals surface area contributed by atoms with Gasteiger partial charge in [0.05, 0.1) is 10.9 Å². The molecule has 1 saturated carbocycles. The second-order valence-electron chi connectivity index (χ2n) is 15.3. The molecule has 222 valence electrons. The zero-order valence-corrected chi connectivity index (χ0v) is 27.5. The topological polar surface area (TPSA) is 13.1 Å². The smallest absolute Gasteiger partial charge is 0.228 e. The summed E-state index contributed by atoms with van der Waals surface area (Å²) in [7, 11) is 2.21. The van der Waals surface area contributed by atoms with Gasteiger partial charge in [0.15, 0.2) is 6.20 Å². The van der Waals surface area contributed by atoms with Crippen molar-refractivity contribution in [2.75, 3.05) is 0 Å². The van der Waals surface area contributed by atoms with Crippen molar-refractivity contribution in [3.05, 3.63) is 77.0 Å². The summed E-state index contributed by atoms with van der Waals surface area (Å²) in [6, 6.07) is 19.0. The Morgan fingerprint density at radius 1 is 0.837 bits per heavy atom. The van der Waals surface area contributed by atoms with Crippen LogP contribution in [0.25, 0.3) is 43.6 Å². The van der Waals surface area contributed by atoms with Crippen LogP contribution in [0.4, 0.5) is 0 Å². The van der Waals surface area contributed by atoms with Gasteiger partial charge in [-0.05, 0) is 113 Å². The maximum Gasteiger partial charge on any atom is 0.228 e. The number of hydrogen-bond donors (Lipinski definition) is 0. The van der Waals surface area contributed by atoms with Crippen LogP contribution in [0.3, 0.4) is 0 Å². The average Bonchev–Trinajstić information content (AvgIpc) is 2.95. The highest BCUT2D eigenvalue weighted by atomic mass is 16.5. The standard InChI is InChI=1S/C41H48NO/c1-24(2)19-27-9-12-31-33(21-27)26(5)37-39-38-32(15-18-42(39)8)34-22-29(28-13-16-41(6,7)17-14-28)10-11-30(34)23-36(38)43-40(37)35(31)20-25(3)4/h9-12,15,18,21-25,28H,13-14,16-17,19-20H2,1-8H3/q+1. The second kappa shape index (κ2) is 10.4. The third-order valence-corrected chi connectivity index (χ3v) is 10.4. The lowest BCUT2D eigenvalue weighted by Crippen LogP contribution is -2.32. The molecule has 1 aliphatic heterocycles. The maximum absolute atomic E-state index is 7.08. The molecule has 1 fully saturated rings. The van der Waals surface area contributed by atoms with Crippen LogP contribution in [0.5, 0.6) is 11.5 Å². The first kappa shape index (κ1) is 28.4. The van der Waals surface area contributed by atoms with Crippen molar-refractivity contribution in [1.82, 2.24) is 0 Å². The summed E-state index contributed by atoms with van der Waals surface area (Å²) in [5, 5.41) is 7.91. The minimum absolute atomic E-state index is 0.479. The van der Waals surface area contributed by atoms with E-state index in [-0.39, 0.29) is 0 Å². The van der Waals surface area contributed by atoms with Gasteiger partial charge in [-0.1, -0.05) is 77.9 Å². The average molecular weight is 571 g/mol. The van der Waals surface area contributed by atoms with Crippen molar-refractivity contribution in [3.63, 3.8) is 0 Å². The van der Waals surface area contributed by atoms with Crippen LogP contribution in [-0.4, -0.2) is 0 Å². The van der Waals surface area contributed by atoms with Crippen LogP contribution in [-0.2, 0) is 19.9 Å². The molecule has 4 aromatic carbocycles. The zero-order valence-electron chi connectivity index (χ0n) is 27.5. The van der Waals surface area contributed by atoms with Gasteiger partial charge in [0, 0.05) is 17.0 Å². The van der Waals surface area contributed by atoms with E-state index in [1.165, 1.54) is 91.5 Å². The van der Waals surface area contributed by atoms with Crippen LogP contribution in [0.1, 0.15) is 95.4 Å². The fourth-order valence-corrected chi connectivity index (χ4v) is 8.10. The van der Waals surface area contributed by atoms with Crippen LogP contribution < -0.4 is 9.30 Å². The third kappa shape index (κ3) is 4.82. The molecule has 2 heterocycles. The Labute approximate surface area is 258 Å². The Morgan fingerprint density at radius 3 is 2.30 bits per heavy atom. The largest absolute Gasteiger partial charge is 0.455 e. The lowest BCUT2D eigenvalue weighted by Gasteiger charge is -2.34. The summed E-state index contributed by atoms with van der Waals surface area (Å²) in [4.78, 5) is 0. The number of hydrogen-bond acceptors (Lipinski definition) is 1. The summed E-state index contributed by atoms with van der Waals surface area (Å²) in [6.45, 7) is 16.4. The first-order valence-corrected chi connectivity index (χ1v) is 16.7. The number of aromatic nitrogens is 1. The van der Waals surface area contributed by atoms with E-state index >= 15 is 0 Å². The van der Waals surface area contributed by atoms with Gasteiger partial charge in [-0.2, -0.15) is 0 Å². The molecule has 5 aromatic rings. The predicted octanol–water partition coefficient (Wildman–Crippen LogP) is 11.1. The van der Waals surface area contributed by atoms with E-state index < -0.39 is 0 Å². The van der Waals surface area contributed by atoms with Gasteiger partial charge in [0.2, 0.25) is 5.69 Å². The number of aryl methyl sites for hydroxylation is 2. The SMILES string of the molecule is Cc1c2c(c(CC(C)C)c3ccc(CC(C)C)cc13)Oc1cc3ccc(C4CCC(C)(C)CC4)cc3c3cc[n+](C)c-2c13. The van der Waals surface area contributed by atoms with E-state index in [1.54, 1.807) is 0 Å². The minimum atomic E-state index is 0.479. The van der Waals surface area contributed by atoms with E-state index in [0.29, 0.717) is 23.2 Å².